The summed E-state index contributed by atoms with van der Waals surface area (Å²) in [7, 11) is 0. The molecule has 0 radical (unpaired) electrons. The number of thiophene rings is 1. The van der Waals surface area contributed by atoms with Crippen molar-refractivity contribution in [3.8, 4) is 0 Å². The molecule has 32 heavy (non-hydrogen) atoms. The molecule has 166 valence electrons. The standard InChI is InChI=1S/C23H23N3O5S/c1-3-31-23(30)19-15(2)20(21(29)24-16-8-5-4-6-9-16)32-22(19)25-18(28)11-13-26-12-7-10-17(26)14-27/h4-10,12,14H,3,11,13H2,1-2H3,(H,24,29)(H,25,28). The first kappa shape index (κ1) is 23.0. The van der Waals surface area contributed by atoms with Crippen molar-refractivity contribution in [2.75, 3.05) is 17.2 Å². The maximum atomic E-state index is 12.8. The van der Waals surface area contributed by atoms with Gasteiger partial charge in [0.05, 0.1) is 22.7 Å². The van der Waals surface area contributed by atoms with Crippen LogP contribution < -0.4 is 10.6 Å². The number of nitrogens with one attached hydrogen (secondary N) is 2. The molecule has 0 spiro atoms. The van der Waals surface area contributed by atoms with Crippen molar-refractivity contribution < 1.29 is 23.9 Å². The van der Waals surface area contributed by atoms with Gasteiger partial charge in [0, 0.05) is 24.8 Å². The van der Waals surface area contributed by atoms with Gasteiger partial charge in [-0.25, -0.2) is 4.79 Å². The number of carbonyl (C=O) groups excluding carboxylic acids is 4. The second-order valence-electron chi connectivity index (χ2n) is 6.84. The van der Waals surface area contributed by atoms with Gasteiger partial charge in [0.15, 0.2) is 6.29 Å². The third kappa shape index (κ3) is 5.30. The summed E-state index contributed by atoms with van der Waals surface area (Å²) < 4.78 is 6.80. The van der Waals surface area contributed by atoms with E-state index in [4.69, 9.17) is 4.74 Å². The van der Waals surface area contributed by atoms with E-state index in [1.807, 2.05) is 6.07 Å². The number of aryl methyl sites for hydroxylation is 1. The highest BCUT2D eigenvalue weighted by Crippen LogP contribution is 2.34. The molecule has 2 heterocycles. The minimum absolute atomic E-state index is 0.0836. The van der Waals surface area contributed by atoms with E-state index in [1.54, 1.807) is 61.0 Å². The number of hydrogen-bond donors (Lipinski definition) is 2. The molecular formula is C23H23N3O5S. The Balaban J connectivity index is 1.80. The van der Waals surface area contributed by atoms with Crippen molar-refractivity contribution in [1.82, 2.24) is 4.57 Å². The summed E-state index contributed by atoms with van der Waals surface area (Å²) >= 11 is 1.02. The topological polar surface area (TPSA) is 106 Å². The van der Waals surface area contributed by atoms with Gasteiger partial charge in [-0.1, -0.05) is 18.2 Å². The van der Waals surface area contributed by atoms with E-state index in [9.17, 15) is 19.2 Å². The van der Waals surface area contributed by atoms with E-state index in [0.717, 1.165) is 17.6 Å². The average molecular weight is 454 g/mol. The lowest BCUT2D eigenvalue weighted by Crippen LogP contribution is -2.17. The number of anilines is 2. The average Bonchev–Trinajstić information content (AvgIpc) is 3.36. The van der Waals surface area contributed by atoms with Crippen LogP contribution in [0.15, 0.2) is 48.7 Å². The zero-order valence-electron chi connectivity index (χ0n) is 17.7. The highest BCUT2D eigenvalue weighted by Gasteiger charge is 2.26. The Kier molecular flexibility index (Phi) is 7.56. The van der Waals surface area contributed by atoms with Crippen molar-refractivity contribution >= 4 is 46.1 Å². The molecule has 1 aromatic carbocycles. The molecule has 0 aliphatic heterocycles. The van der Waals surface area contributed by atoms with Gasteiger partial charge in [-0.05, 0) is 43.7 Å². The van der Waals surface area contributed by atoms with Crippen LogP contribution in [0, 0.1) is 6.92 Å². The summed E-state index contributed by atoms with van der Waals surface area (Å²) in [5.41, 5.74) is 1.69. The van der Waals surface area contributed by atoms with Gasteiger partial charge >= 0.3 is 5.97 Å². The Bertz CT molecular complexity index is 1130. The Morgan fingerprint density at radius 3 is 2.53 bits per heavy atom. The molecule has 0 aliphatic rings. The smallest absolute Gasteiger partial charge is 0.341 e. The Morgan fingerprint density at radius 2 is 1.84 bits per heavy atom. The van der Waals surface area contributed by atoms with Gasteiger partial charge < -0.3 is 19.9 Å². The molecule has 0 atom stereocenters. The molecule has 0 unspecified atom stereocenters. The van der Waals surface area contributed by atoms with Crippen LogP contribution in [0.25, 0.3) is 0 Å². The Hall–Kier alpha value is -3.72. The van der Waals surface area contributed by atoms with Crippen molar-refractivity contribution in [3.05, 3.63) is 70.4 Å². The third-order valence-electron chi connectivity index (χ3n) is 4.68. The molecule has 0 saturated carbocycles. The second-order valence-corrected chi connectivity index (χ2v) is 7.86. The van der Waals surface area contributed by atoms with Crippen molar-refractivity contribution in [2.24, 2.45) is 0 Å². The fourth-order valence-electron chi connectivity index (χ4n) is 3.13. The van der Waals surface area contributed by atoms with Gasteiger partial charge in [0.25, 0.3) is 5.91 Å². The minimum Gasteiger partial charge on any atom is -0.462 e. The molecule has 0 bridgehead atoms. The zero-order chi connectivity index (χ0) is 23.1. The van der Waals surface area contributed by atoms with Crippen LogP contribution in [0.3, 0.4) is 0 Å². The van der Waals surface area contributed by atoms with Gasteiger partial charge in [-0.15, -0.1) is 11.3 Å². The number of nitrogens with zero attached hydrogens (tertiary/aromatic N) is 1. The molecule has 3 aromatic rings. The highest BCUT2D eigenvalue weighted by molar-refractivity contribution is 7.18. The summed E-state index contributed by atoms with van der Waals surface area (Å²) in [6.45, 7) is 3.79. The molecule has 8 nitrogen and oxygen atoms in total. The van der Waals surface area contributed by atoms with Crippen LogP contribution in [-0.4, -0.2) is 35.2 Å². The maximum Gasteiger partial charge on any atom is 0.341 e. The van der Waals surface area contributed by atoms with Crippen LogP contribution in [0.1, 0.15) is 49.4 Å². The SMILES string of the molecule is CCOC(=O)c1c(NC(=O)CCn2cccc2C=O)sc(C(=O)Nc2ccccc2)c1C. The monoisotopic (exact) mass is 453 g/mol. The van der Waals surface area contributed by atoms with Crippen LogP contribution in [0.5, 0.6) is 0 Å². The zero-order valence-corrected chi connectivity index (χ0v) is 18.5. The summed E-state index contributed by atoms with van der Waals surface area (Å²) in [4.78, 5) is 49.3. The molecule has 0 aliphatic carbocycles. The molecule has 2 N–H and O–H groups in total. The predicted octanol–water partition coefficient (Wildman–Crippen LogP) is 4.13. The lowest BCUT2D eigenvalue weighted by molar-refractivity contribution is -0.116. The molecule has 3 rings (SSSR count). The third-order valence-corrected chi connectivity index (χ3v) is 5.89. The normalized spacial score (nSPS) is 10.4. The van der Waals surface area contributed by atoms with Crippen molar-refractivity contribution in [2.45, 2.75) is 26.8 Å². The molecule has 2 aromatic heterocycles. The van der Waals surface area contributed by atoms with Gasteiger partial charge in [-0.3, -0.25) is 14.4 Å². The van der Waals surface area contributed by atoms with Gasteiger partial charge in [-0.2, -0.15) is 0 Å². The number of para-hydroxylation sites is 1. The quantitative estimate of drug-likeness (QED) is 0.374. The van der Waals surface area contributed by atoms with Crippen LogP contribution in [0.4, 0.5) is 10.7 Å². The van der Waals surface area contributed by atoms with E-state index in [1.165, 1.54) is 0 Å². The van der Waals surface area contributed by atoms with Crippen LogP contribution in [0.2, 0.25) is 0 Å². The fourth-order valence-corrected chi connectivity index (χ4v) is 4.23. The van der Waals surface area contributed by atoms with Gasteiger partial charge in [0.2, 0.25) is 5.91 Å². The fraction of sp³-hybridized carbons (Fsp3) is 0.217. The van der Waals surface area contributed by atoms with E-state index < -0.39 is 5.97 Å². The minimum atomic E-state index is -0.607. The number of esters is 1. The molecule has 9 heteroatoms. The summed E-state index contributed by atoms with van der Waals surface area (Å²) in [6.07, 6.45) is 2.51. The largest absolute Gasteiger partial charge is 0.462 e. The van der Waals surface area contributed by atoms with E-state index in [-0.39, 0.29) is 35.4 Å². The summed E-state index contributed by atoms with van der Waals surface area (Å²) in [6, 6.07) is 12.3. The molecule has 0 fully saturated rings. The summed E-state index contributed by atoms with van der Waals surface area (Å²) in [5, 5.41) is 5.77. The lowest BCUT2D eigenvalue weighted by atomic mass is 10.1. The predicted molar refractivity (Wildman–Crippen MR) is 122 cm³/mol. The molecule has 2 amide bonds. The van der Waals surface area contributed by atoms with Crippen LogP contribution >= 0.6 is 11.3 Å². The highest BCUT2D eigenvalue weighted by atomic mass is 32.1. The molecule has 0 saturated heterocycles. The summed E-state index contributed by atoms with van der Waals surface area (Å²) in [5.74, 6) is -1.34. The number of ether oxygens (including phenoxy) is 1. The first-order valence-corrected chi connectivity index (χ1v) is 10.8. The van der Waals surface area contributed by atoms with Crippen LogP contribution in [-0.2, 0) is 16.1 Å². The first-order chi connectivity index (χ1) is 15.4. The van der Waals surface area contributed by atoms with E-state index >= 15 is 0 Å². The number of rotatable bonds is 9. The number of amides is 2. The van der Waals surface area contributed by atoms with Gasteiger partial charge in [0.1, 0.15) is 5.00 Å². The van der Waals surface area contributed by atoms with Crippen molar-refractivity contribution in [1.29, 1.82) is 0 Å². The number of carbonyl (C=O) groups is 4. The second kappa shape index (κ2) is 10.5. The lowest BCUT2D eigenvalue weighted by Gasteiger charge is -2.08. The number of benzene rings is 1. The number of aromatic nitrogens is 1. The van der Waals surface area contributed by atoms with Crippen molar-refractivity contribution in [3.63, 3.8) is 0 Å². The Morgan fingerprint density at radius 1 is 1.09 bits per heavy atom. The first-order valence-electron chi connectivity index (χ1n) is 10.0. The number of hydrogen-bond acceptors (Lipinski definition) is 6. The maximum absolute atomic E-state index is 12.8. The van der Waals surface area contributed by atoms with E-state index in [2.05, 4.69) is 10.6 Å². The molecular weight excluding hydrogens is 430 g/mol. The Labute approximate surface area is 189 Å². The van der Waals surface area contributed by atoms with E-state index in [0.29, 0.717) is 28.4 Å². The number of aldehydes is 1.